The lowest BCUT2D eigenvalue weighted by Gasteiger charge is -2.10. The topological polar surface area (TPSA) is 21.3 Å². The molecule has 1 aliphatic heterocycles. The number of thiol groups is 1. The first kappa shape index (κ1) is 5.98. The van der Waals surface area contributed by atoms with Crippen LogP contribution in [0.3, 0.4) is 0 Å². The Morgan fingerprint density at radius 3 is 2.62 bits per heavy atom. The summed E-state index contributed by atoms with van der Waals surface area (Å²) in [6, 6.07) is 0. The third kappa shape index (κ3) is 1.17. The Morgan fingerprint density at radius 1 is 1.88 bits per heavy atom. The Labute approximate surface area is 54.3 Å². The SMILES string of the molecule is CC1=CC(C)(S)NO1. The fourth-order valence-electron chi connectivity index (χ4n) is 0.639. The summed E-state index contributed by atoms with van der Waals surface area (Å²) in [4.78, 5) is 4.63. The summed E-state index contributed by atoms with van der Waals surface area (Å²) in [5.41, 5.74) is 2.72. The molecule has 1 N–H and O–H groups in total. The smallest absolute Gasteiger partial charge is 0.120 e. The molecule has 0 fully saturated rings. The second-order valence-corrected chi connectivity index (χ2v) is 3.04. The molecule has 0 aromatic rings. The fraction of sp³-hybridized carbons (Fsp3) is 0.600. The van der Waals surface area contributed by atoms with E-state index in [2.05, 4.69) is 18.1 Å². The van der Waals surface area contributed by atoms with Crippen molar-refractivity contribution in [1.29, 1.82) is 0 Å². The van der Waals surface area contributed by atoms with Gasteiger partial charge in [0.05, 0.1) is 0 Å². The summed E-state index contributed by atoms with van der Waals surface area (Å²) < 4.78 is 0. The van der Waals surface area contributed by atoms with Crippen molar-refractivity contribution in [3.8, 4) is 0 Å². The summed E-state index contributed by atoms with van der Waals surface area (Å²) in [6.07, 6.45) is 1.91. The van der Waals surface area contributed by atoms with Gasteiger partial charge in [-0.2, -0.15) is 0 Å². The Morgan fingerprint density at radius 2 is 2.50 bits per heavy atom. The van der Waals surface area contributed by atoms with Crippen LogP contribution in [0, 0.1) is 0 Å². The van der Waals surface area contributed by atoms with Crippen molar-refractivity contribution < 1.29 is 4.84 Å². The Kier molecular flexibility index (Phi) is 1.25. The molecule has 0 saturated heterocycles. The molecule has 0 saturated carbocycles. The van der Waals surface area contributed by atoms with Gasteiger partial charge in [-0.05, 0) is 19.9 Å². The molecule has 0 aromatic heterocycles. The highest BCUT2D eigenvalue weighted by atomic mass is 32.1. The van der Waals surface area contributed by atoms with E-state index in [9.17, 15) is 0 Å². The van der Waals surface area contributed by atoms with Crippen molar-refractivity contribution in [2.45, 2.75) is 18.7 Å². The number of nitrogens with one attached hydrogen (secondary N) is 1. The molecule has 1 heterocycles. The zero-order chi connectivity index (χ0) is 6.20. The standard InChI is InChI=1S/C5H9NOS/c1-4-3-5(2,8)6-7-4/h3,6,8H,1-2H3. The van der Waals surface area contributed by atoms with Crippen molar-refractivity contribution in [2.75, 3.05) is 0 Å². The zero-order valence-corrected chi connectivity index (χ0v) is 5.83. The zero-order valence-electron chi connectivity index (χ0n) is 4.93. The van der Waals surface area contributed by atoms with Gasteiger partial charge in [0.25, 0.3) is 0 Å². The van der Waals surface area contributed by atoms with Crippen LogP contribution in [0.4, 0.5) is 0 Å². The van der Waals surface area contributed by atoms with E-state index >= 15 is 0 Å². The highest BCUT2D eigenvalue weighted by molar-refractivity contribution is 7.81. The number of hydrogen-bond donors (Lipinski definition) is 2. The van der Waals surface area contributed by atoms with Gasteiger partial charge in [0.2, 0.25) is 0 Å². The number of rotatable bonds is 0. The average molecular weight is 131 g/mol. The van der Waals surface area contributed by atoms with E-state index in [1.54, 1.807) is 0 Å². The van der Waals surface area contributed by atoms with Crippen molar-refractivity contribution in [3.05, 3.63) is 11.8 Å². The summed E-state index contributed by atoms with van der Waals surface area (Å²) in [6.45, 7) is 3.81. The molecule has 0 aromatic carbocycles. The number of hydrogen-bond acceptors (Lipinski definition) is 3. The minimum atomic E-state index is -0.274. The second kappa shape index (κ2) is 1.67. The Balaban J connectivity index is 2.67. The Bertz CT molecular complexity index is 130. The maximum atomic E-state index is 4.90. The van der Waals surface area contributed by atoms with Crippen molar-refractivity contribution >= 4 is 12.6 Å². The predicted octanol–water partition coefficient (Wildman–Crippen LogP) is 1.07. The molecule has 0 radical (unpaired) electrons. The number of allylic oxidation sites excluding steroid dienone is 1. The third-order valence-electron chi connectivity index (χ3n) is 0.903. The lowest BCUT2D eigenvalue weighted by Crippen LogP contribution is -2.28. The molecular formula is C5H9NOS. The van der Waals surface area contributed by atoms with Crippen LogP contribution < -0.4 is 5.48 Å². The van der Waals surface area contributed by atoms with E-state index in [4.69, 9.17) is 4.84 Å². The van der Waals surface area contributed by atoms with E-state index in [0.717, 1.165) is 5.76 Å². The van der Waals surface area contributed by atoms with Crippen LogP contribution in [-0.2, 0) is 4.84 Å². The Hall–Kier alpha value is -0.150. The highest BCUT2D eigenvalue weighted by Gasteiger charge is 2.22. The van der Waals surface area contributed by atoms with Crippen molar-refractivity contribution in [3.63, 3.8) is 0 Å². The van der Waals surface area contributed by atoms with Crippen LogP contribution in [0.1, 0.15) is 13.8 Å². The third-order valence-corrected chi connectivity index (χ3v) is 1.12. The first-order valence-electron chi connectivity index (χ1n) is 2.46. The molecule has 1 unspecified atom stereocenters. The first-order chi connectivity index (χ1) is 3.60. The molecule has 0 spiro atoms. The molecule has 3 heteroatoms. The van der Waals surface area contributed by atoms with Gasteiger partial charge >= 0.3 is 0 Å². The minimum Gasteiger partial charge on any atom is -0.412 e. The van der Waals surface area contributed by atoms with Gasteiger partial charge in [-0.15, -0.1) is 18.1 Å². The lowest BCUT2D eigenvalue weighted by molar-refractivity contribution is 0.114. The van der Waals surface area contributed by atoms with Gasteiger partial charge in [0.1, 0.15) is 10.6 Å². The predicted molar refractivity (Wildman–Crippen MR) is 35.4 cm³/mol. The maximum absolute atomic E-state index is 4.90. The molecule has 1 rings (SSSR count). The van der Waals surface area contributed by atoms with E-state index in [1.807, 2.05) is 19.9 Å². The molecule has 0 aliphatic carbocycles. The van der Waals surface area contributed by atoms with Gasteiger partial charge in [-0.25, -0.2) is 0 Å². The largest absolute Gasteiger partial charge is 0.412 e. The van der Waals surface area contributed by atoms with Gasteiger partial charge < -0.3 is 4.84 Å². The second-order valence-electron chi connectivity index (χ2n) is 2.11. The van der Waals surface area contributed by atoms with Crippen LogP contribution >= 0.6 is 12.6 Å². The van der Waals surface area contributed by atoms with E-state index in [1.165, 1.54) is 0 Å². The highest BCUT2D eigenvalue weighted by Crippen LogP contribution is 2.19. The minimum absolute atomic E-state index is 0.274. The van der Waals surface area contributed by atoms with Crippen LogP contribution in [-0.4, -0.2) is 4.87 Å². The molecule has 1 aliphatic rings. The van der Waals surface area contributed by atoms with Gasteiger partial charge in [-0.3, -0.25) is 0 Å². The average Bonchev–Trinajstić information content (AvgIpc) is 1.82. The summed E-state index contributed by atoms with van der Waals surface area (Å²) in [5, 5.41) is 0. The quantitative estimate of drug-likeness (QED) is 0.480. The normalized spacial score (nSPS) is 36.6. The monoisotopic (exact) mass is 131 g/mol. The lowest BCUT2D eigenvalue weighted by atomic mass is 10.3. The van der Waals surface area contributed by atoms with Crippen molar-refractivity contribution in [1.82, 2.24) is 5.48 Å². The molecule has 1 atom stereocenters. The summed E-state index contributed by atoms with van der Waals surface area (Å²) >= 11 is 4.20. The molecule has 0 bridgehead atoms. The number of hydroxylamine groups is 1. The summed E-state index contributed by atoms with van der Waals surface area (Å²) in [7, 11) is 0. The molecule has 8 heavy (non-hydrogen) atoms. The van der Waals surface area contributed by atoms with E-state index in [0.29, 0.717) is 0 Å². The fourth-order valence-corrected chi connectivity index (χ4v) is 0.866. The van der Waals surface area contributed by atoms with Gasteiger partial charge in [0, 0.05) is 0 Å². The van der Waals surface area contributed by atoms with Crippen molar-refractivity contribution in [2.24, 2.45) is 0 Å². The molecular weight excluding hydrogens is 122 g/mol. The summed E-state index contributed by atoms with van der Waals surface area (Å²) in [5.74, 6) is 0.877. The molecule has 2 nitrogen and oxygen atoms in total. The maximum Gasteiger partial charge on any atom is 0.120 e. The molecule has 0 amide bonds. The first-order valence-corrected chi connectivity index (χ1v) is 2.91. The van der Waals surface area contributed by atoms with E-state index in [-0.39, 0.29) is 4.87 Å². The van der Waals surface area contributed by atoms with Crippen LogP contribution in [0.5, 0.6) is 0 Å². The molecule has 46 valence electrons. The van der Waals surface area contributed by atoms with Crippen LogP contribution in [0.15, 0.2) is 11.8 Å². The van der Waals surface area contributed by atoms with Gasteiger partial charge in [0.15, 0.2) is 0 Å². The van der Waals surface area contributed by atoms with Crippen LogP contribution in [0.2, 0.25) is 0 Å². The van der Waals surface area contributed by atoms with E-state index < -0.39 is 0 Å². The van der Waals surface area contributed by atoms with Gasteiger partial charge in [-0.1, -0.05) is 0 Å². The van der Waals surface area contributed by atoms with Crippen LogP contribution in [0.25, 0.3) is 0 Å².